The fraction of sp³-hybridized carbons (Fsp3) is 0.875. The van der Waals surface area contributed by atoms with Crippen LogP contribution in [0.5, 0.6) is 0 Å². The van der Waals surface area contributed by atoms with Gasteiger partial charge in [-0.15, -0.1) is 0 Å². The molecule has 1 amide bonds. The highest BCUT2D eigenvalue weighted by molar-refractivity contribution is 5.76. The normalized spacial score (nSPS) is 12.6. The number of hydrogen-bond donors (Lipinski definition) is 2. The topological polar surface area (TPSA) is 49.3 Å². The molecule has 3 heteroatoms. The van der Waals surface area contributed by atoms with Crippen molar-refractivity contribution in [2.75, 3.05) is 13.2 Å². The molecule has 11 heavy (non-hydrogen) atoms. The average Bonchev–Trinajstić information content (AvgIpc) is 2.00. The molecule has 0 fully saturated rings. The molecule has 0 rings (SSSR count). The molecule has 0 saturated heterocycles. The lowest BCUT2D eigenvalue weighted by Crippen LogP contribution is -2.27. The number of aliphatic hydroxyl groups is 1. The van der Waals surface area contributed by atoms with E-state index in [1.165, 1.54) is 0 Å². The average molecular weight is 159 g/mol. The lowest BCUT2D eigenvalue weighted by atomic mass is 10.1. The molecule has 0 aromatic carbocycles. The molecule has 0 aliphatic rings. The smallest absolute Gasteiger partial charge is 0.220 e. The van der Waals surface area contributed by atoms with Crippen molar-refractivity contribution < 1.29 is 9.90 Å². The number of rotatable bonds is 5. The number of aliphatic hydroxyl groups excluding tert-OH is 1. The highest BCUT2D eigenvalue weighted by Crippen LogP contribution is 2.04. The highest BCUT2D eigenvalue weighted by Gasteiger charge is 2.05. The minimum atomic E-state index is 0.0201. The standard InChI is InChI=1S/C8H17NO2/c1-3-7(2)6-8(11)9-4-5-10/h7,10H,3-6H2,1-2H3,(H,9,11). The Hall–Kier alpha value is -0.570. The van der Waals surface area contributed by atoms with Crippen LogP contribution in [-0.4, -0.2) is 24.2 Å². The maximum absolute atomic E-state index is 10.9. The second kappa shape index (κ2) is 6.16. The predicted molar refractivity (Wildman–Crippen MR) is 44.2 cm³/mol. The summed E-state index contributed by atoms with van der Waals surface area (Å²) < 4.78 is 0. The van der Waals surface area contributed by atoms with Crippen LogP contribution in [-0.2, 0) is 4.79 Å². The quantitative estimate of drug-likeness (QED) is 0.614. The van der Waals surface area contributed by atoms with E-state index >= 15 is 0 Å². The molecule has 1 unspecified atom stereocenters. The Bertz CT molecular complexity index is 115. The zero-order valence-electron chi connectivity index (χ0n) is 7.26. The second-order valence-electron chi connectivity index (χ2n) is 2.79. The molecular weight excluding hydrogens is 142 g/mol. The van der Waals surface area contributed by atoms with Gasteiger partial charge in [-0.2, -0.15) is 0 Å². The van der Waals surface area contributed by atoms with Crippen molar-refractivity contribution in [3.63, 3.8) is 0 Å². The van der Waals surface area contributed by atoms with E-state index in [1.807, 2.05) is 6.92 Å². The molecule has 0 bridgehead atoms. The molecule has 66 valence electrons. The van der Waals surface area contributed by atoms with Gasteiger partial charge in [-0.05, 0) is 5.92 Å². The first kappa shape index (κ1) is 10.4. The fourth-order valence-corrected chi connectivity index (χ4v) is 0.728. The van der Waals surface area contributed by atoms with Gasteiger partial charge in [-0.25, -0.2) is 0 Å². The van der Waals surface area contributed by atoms with Crippen molar-refractivity contribution in [2.45, 2.75) is 26.7 Å². The van der Waals surface area contributed by atoms with Gasteiger partial charge in [0.25, 0.3) is 0 Å². The maximum Gasteiger partial charge on any atom is 0.220 e. The van der Waals surface area contributed by atoms with Crippen molar-refractivity contribution in [2.24, 2.45) is 5.92 Å². The summed E-state index contributed by atoms with van der Waals surface area (Å²) in [6.45, 7) is 4.49. The van der Waals surface area contributed by atoms with Gasteiger partial charge in [-0.3, -0.25) is 4.79 Å². The highest BCUT2D eigenvalue weighted by atomic mass is 16.3. The van der Waals surface area contributed by atoms with Gasteiger partial charge >= 0.3 is 0 Å². The third kappa shape index (κ3) is 5.85. The third-order valence-electron chi connectivity index (χ3n) is 1.66. The van der Waals surface area contributed by atoms with E-state index in [1.54, 1.807) is 0 Å². The van der Waals surface area contributed by atoms with Gasteiger partial charge < -0.3 is 10.4 Å². The summed E-state index contributed by atoms with van der Waals surface area (Å²) in [5.41, 5.74) is 0. The van der Waals surface area contributed by atoms with Gasteiger partial charge in [0, 0.05) is 13.0 Å². The Morgan fingerprint density at radius 2 is 2.27 bits per heavy atom. The molecule has 0 saturated carbocycles. The van der Waals surface area contributed by atoms with Crippen LogP contribution in [0.25, 0.3) is 0 Å². The van der Waals surface area contributed by atoms with Gasteiger partial charge in [0.2, 0.25) is 5.91 Å². The van der Waals surface area contributed by atoms with Crippen molar-refractivity contribution in [3.8, 4) is 0 Å². The van der Waals surface area contributed by atoms with Crippen LogP contribution in [0, 0.1) is 5.92 Å². The van der Waals surface area contributed by atoms with Crippen LogP contribution >= 0.6 is 0 Å². The van der Waals surface area contributed by atoms with Gasteiger partial charge in [0.15, 0.2) is 0 Å². The second-order valence-corrected chi connectivity index (χ2v) is 2.79. The minimum Gasteiger partial charge on any atom is -0.395 e. The molecule has 3 nitrogen and oxygen atoms in total. The van der Waals surface area contributed by atoms with E-state index in [0.717, 1.165) is 6.42 Å². The minimum absolute atomic E-state index is 0.0201. The summed E-state index contributed by atoms with van der Waals surface area (Å²) in [5, 5.41) is 11.0. The predicted octanol–water partition coefficient (Wildman–Crippen LogP) is 0.531. The van der Waals surface area contributed by atoms with Crippen LogP contribution in [0.1, 0.15) is 26.7 Å². The maximum atomic E-state index is 10.9. The first-order valence-electron chi connectivity index (χ1n) is 4.08. The number of amides is 1. The largest absolute Gasteiger partial charge is 0.395 e. The number of carbonyl (C=O) groups is 1. The summed E-state index contributed by atoms with van der Waals surface area (Å²) in [5.74, 6) is 0.474. The summed E-state index contributed by atoms with van der Waals surface area (Å²) in [4.78, 5) is 10.9. The Labute approximate surface area is 67.8 Å². The Morgan fingerprint density at radius 1 is 1.64 bits per heavy atom. The van der Waals surface area contributed by atoms with E-state index in [-0.39, 0.29) is 12.5 Å². The summed E-state index contributed by atoms with van der Waals surface area (Å²) in [6, 6.07) is 0. The number of hydrogen-bond acceptors (Lipinski definition) is 2. The number of carbonyl (C=O) groups excluding carboxylic acids is 1. The van der Waals surface area contributed by atoms with Gasteiger partial charge in [0.1, 0.15) is 0 Å². The zero-order chi connectivity index (χ0) is 8.69. The Kier molecular flexibility index (Phi) is 5.84. The molecule has 2 N–H and O–H groups in total. The lowest BCUT2D eigenvalue weighted by molar-refractivity contribution is -0.122. The van der Waals surface area contributed by atoms with Gasteiger partial charge in [0.05, 0.1) is 6.61 Å². The summed E-state index contributed by atoms with van der Waals surface area (Å²) in [6.07, 6.45) is 1.59. The number of nitrogens with one attached hydrogen (secondary N) is 1. The van der Waals surface area contributed by atoms with E-state index in [9.17, 15) is 4.79 Å². The molecule has 0 spiro atoms. The molecule has 0 aromatic heterocycles. The Balaban J connectivity index is 3.36. The van der Waals surface area contributed by atoms with Crippen molar-refractivity contribution in [1.82, 2.24) is 5.32 Å². The van der Waals surface area contributed by atoms with Crippen LogP contribution in [0.4, 0.5) is 0 Å². The molecule has 0 aliphatic heterocycles. The van der Waals surface area contributed by atoms with Crippen LogP contribution < -0.4 is 5.32 Å². The molecule has 0 aliphatic carbocycles. The van der Waals surface area contributed by atoms with Gasteiger partial charge in [-0.1, -0.05) is 20.3 Å². The SMILES string of the molecule is CCC(C)CC(=O)NCCO. The lowest BCUT2D eigenvalue weighted by Gasteiger charge is -2.07. The summed E-state index contributed by atoms with van der Waals surface area (Å²) >= 11 is 0. The summed E-state index contributed by atoms with van der Waals surface area (Å²) in [7, 11) is 0. The monoisotopic (exact) mass is 159 g/mol. The van der Waals surface area contributed by atoms with Crippen LogP contribution in [0.15, 0.2) is 0 Å². The van der Waals surface area contributed by atoms with E-state index in [0.29, 0.717) is 18.9 Å². The van der Waals surface area contributed by atoms with Crippen molar-refractivity contribution in [3.05, 3.63) is 0 Å². The Morgan fingerprint density at radius 3 is 2.73 bits per heavy atom. The third-order valence-corrected chi connectivity index (χ3v) is 1.66. The van der Waals surface area contributed by atoms with E-state index in [2.05, 4.69) is 12.2 Å². The molecule has 0 radical (unpaired) electrons. The first-order valence-corrected chi connectivity index (χ1v) is 4.08. The molecule has 0 heterocycles. The van der Waals surface area contributed by atoms with Crippen molar-refractivity contribution >= 4 is 5.91 Å². The zero-order valence-corrected chi connectivity index (χ0v) is 7.26. The van der Waals surface area contributed by atoms with Crippen molar-refractivity contribution in [1.29, 1.82) is 0 Å². The van der Waals surface area contributed by atoms with Crippen LogP contribution in [0.3, 0.4) is 0 Å². The van der Waals surface area contributed by atoms with E-state index in [4.69, 9.17) is 5.11 Å². The fourth-order valence-electron chi connectivity index (χ4n) is 0.728. The molecule has 1 atom stereocenters. The first-order chi connectivity index (χ1) is 5.20. The molecular formula is C8H17NO2. The van der Waals surface area contributed by atoms with E-state index < -0.39 is 0 Å². The van der Waals surface area contributed by atoms with Crippen LogP contribution in [0.2, 0.25) is 0 Å². The molecule has 0 aromatic rings.